The van der Waals surface area contributed by atoms with E-state index >= 15 is 0 Å². The molecule has 1 heterocycles. The smallest absolute Gasteiger partial charge is 0.257 e. The number of pyridine rings is 1. The van der Waals surface area contributed by atoms with Gasteiger partial charge in [0.05, 0.1) is 12.1 Å². The molecule has 1 atom stereocenters. The third-order valence-corrected chi connectivity index (χ3v) is 3.96. The number of para-hydroxylation sites is 1. The second-order valence-electron chi connectivity index (χ2n) is 7.19. The van der Waals surface area contributed by atoms with E-state index in [0.29, 0.717) is 17.6 Å². The van der Waals surface area contributed by atoms with Crippen molar-refractivity contribution in [1.82, 2.24) is 21.1 Å². The molecule has 0 bridgehead atoms. The fraction of sp³-hybridized carbons (Fsp3) is 0.389. The second-order valence-corrected chi connectivity index (χ2v) is 7.55. The molecule has 2 amide bonds. The first kappa shape index (κ1) is 20.1. The van der Waals surface area contributed by atoms with Gasteiger partial charge in [0.1, 0.15) is 11.2 Å². The van der Waals surface area contributed by atoms with Gasteiger partial charge in [-0.2, -0.15) is 0 Å². The average molecular weight is 379 g/mol. The van der Waals surface area contributed by atoms with Crippen molar-refractivity contribution in [2.24, 2.45) is 5.41 Å². The molecule has 1 aromatic heterocycles. The minimum Gasteiger partial charge on any atom is -0.354 e. The third-order valence-electron chi connectivity index (χ3n) is 3.66. The van der Waals surface area contributed by atoms with Crippen molar-refractivity contribution in [3.63, 3.8) is 0 Å². The Kier molecular flexibility index (Phi) is 6.52. The van der Waals surface area contributed by atoms with Crippen molar-refractivity contribution in [1.29, 1.82) is 0 Å². The van der Waals surface area contributed by atoms with Crippen LogP contribution in [0.1, 0.15) is 32.4 Å². The minimum absolute atomic E-state index is 0.103. The van der Waals surface area contributed by atoms with Gasteiger partial charge in [-0.3, -0.25) is 20.1 Å². The molecule has 2 aromatic rings. The van der Waals surface area contributed by atoms with E-state index in [1.165, 1.54) is 5.48 Å². The minimum atomic E-state index is -0.890. The highest BCUT2D eigenvalue weighted by molar-refractivity contribution is 6.31. The van der Waals surface area contributed by atoms with Crippen molar-refractivity contribution in [3.05, 3.63) is 41.0 Å². The number of carbonyl (C=O) groups is 2. The van der Waals surface area contributed by atoms with Crippen LogP contribution in [-0.2, 0) is 9.59 Å². The van der Waals surface area contributed by atoms with Crippen LogP contribution in [0.4, 0.5) is 0 Å². The SMILES string of the molecule is CC(C)(C)CNC(=O)C(NCC(=O)NO)c1cc2ccccc2nc1Cl. The topological polar surface area (TPSA) is 103 Å². The largest absolute Gasteiger partial charge is 0.354 e. The lowest BCUT2D eigenvalue weighted by Crippen LogP contribution is -2.43. The maximum atomic E-state index is 12.7. The predicted molar refractivity (Wildman–Crippen MR) is 99.9 cm³/mol. The highest BCUT2D eigenvalue weighted by Crippen LogP contribution is 2.26. The van der Waals surface area contributed by atoms with Gasteiger partial charge in [-0.25, -0.2) is 10.5 Å². The van der Waals surface area contributed by atoms with E-state index in [2.05, 4.69) is 15.6 Å². The van der Waals surface area contributed by atoms with Crippen LogP contribution in [0.15, 0.2) is 30.3 Å². The van der Waals surface area contributed by atoms with Crippen LogP contribution in [0, 0.1) is 5.41 Å². The maximum absolute atomic E-state index is 12.7. The summed E-state index contributed by atoms with van der Waals surface area (Å²) in [5, 5.41) is 15.4. The Balaban J connectivity index is 2.34. The van der Waals surface area contributed by atoms with Gasteiger partial charge in [0.15, 0.2) is 0 Å². The molecule has 140 valence electrons. The fourth-order valence-corrected chi connectivity index (χ4v) is 2.60. The summed E-state index contributed by atoms with van der Waals surface area (Å²) >= 11 is 6.30. The molecule has 1 aromatic carbocycles. The third kappa shape index (κ3) is 5.39. The van der Waals surface area contributed by atoms with E-state index in [1.807, 2.05) is 45.0 Å². The molecule has 0 aliphatic heterocycles. The Bertz CT molecular complexity index is 805. The summed E-state index contributed by atoms with van der Waals surface area (Å²) in [5.41, 5.74) is 2.60. The zero-order valence-electron chi connectivity index (χ0n) is 15.0. The Morgan fingerprint density at radius 3 is 2.62 bits per heavy atom. The number of aromatic nitrogens is 1. The molecular formula is C18H23ClN4O3. The van der Waals surface area contributed by atoms with Gasteiger partial charge in [0, 0.05) is 17.5 Å². The molecule has 0 aliphatic carbocycles. The fourth-order valence-electron chi connectivity index (χ4n) is 2.34. The number of fused-ring (bicyclic) bond motifs is 1. The van der Waals surface area contributed by atoms with Gasteiger partial charge < -0.3 is 5.32 Å². The number of halogens is 1. The van der Waals surface area contributed by atoms with Gasteiger partial charge in [-0.1, -0.05) is 50.6 Å². The van der Waals surface area contributed by atoms with Crippen molar-refractivity contribution < 1.29 is 14.8 Å². The van der Waals surface area contributed by atoms with Gasteiger partial charge in [-0.15, -0.1) is 0 Å². The second kappa shape index (κ2) is 8.44. The lowest BCUT2D eigenvalue weighted by atomic mass is 9.96. The van der Waals surface area contributed by atoms with Crippen LogP contribution in [0.5, 0.6) is 0 Å². The van der Waals surface area contributed by atoms with Gasteiger partial charge >= 0.3 is 0 Å². The number of hydrogen-bond donors (Lipinski definition) is 4. The summed E-state index contributed by atoms with van der Waals surface area (Å²) < 4.78 is 0. The first-order valence-electron chi connectivity index (χ1n) is 8.20. The van der Waals surface area contributed by atoms with Crippen molar-refractivity contribution >= 4 is 34.3 Å². The molecule has 1 unspecified atom stereocenters. The number of nitrogens with zero attached hydrogens (tertiary/aromatic N) is 1. The molecular weight excluding hydrogens is 356 g/mol. The molecule has 2 rings (SSSR count). The van der Waals surface area contributed by atoms with E-state index in [9.17, 15) is 9.59 Å². The zero-order valence-corrected chi connectivity index (χ0v) is 15.7. The van der Waals surface area contributed by atoms with Gasteiger partial charge in [0.2, 0.25) is 5.91 Å². The average Bonchev–Trinajstić information content (AvgIpc) is 2.59. The summed E-state index contributed by atoms with van der Waals surface area (Å²) in [6.45, 7) is 6.19. The normalized spacial score (nSPS) is 12.7. The van der Waals surface area contributed by atoms with Crippen molar-refractivity contribution in [2.45, 2.75) is 26.8 Å². The van der Waals surface area contributed by atoms with Crippen LogP contribution >= 0.6 is 11.6 Å². The molecule has 8 heteroatoms. The molecule has 0 radical (unpaired) electrons. The highest BCUT2D eigenvalue weighted by Gasteiger charge is 2.25. The Morgan fingerprint density at radius 2 is 1.96 bits per heavy atom. The van der Waals surface area contributed by atoms with E-state index in [0.717, 1.165) is 5.39 Å². The molecule has 0 spiro atoms. The molecule has 0 aliphatic rings. The number of nitrogens with one attached hydrogen (secondary N) is 3. The number of benzene rings is 1. The van der Waals surface area contributed by atoms with Crippen LogP contribution < -0.4 is 16.1 Å². The van der Waals surface area contributed by atoms with Crippen LogP contribution in [0.2, 0.25) is 5.15 Å². The first-order chi connectivity index (χ1) is 12.2. The quantitative estimate of drug-likeness (QED) is 0.350. The highest BCUT2D eigenvalue weighted by atomic mass is 35.5. The number of hydrogen-bond acceptors (Lipinski definition) is 5. The number of rotatable bonds is 6. The van der Waals surface area contributed by atoms with Crippen LogP contribution in [0.3, 0.4) is 0 Å². The molecule has 0 fully saturated rings. The zero-order chi connectivity index (χ0) is 19.3. The molecule has 7 nitrogen and oxygen atoms in total. The van der Waals surface area contributed by atoms with E-state index in [1.54, 1.807) is 6.07 Å². The Morgan fingerprint density at radius 1 is 1.27 bits per heavy atom. The van der Waals surface area contributed by atoms with E-state index in [-0.39, 0.29) is 23.0 Å². The van der Waals surface area contributed by atoms with E-state index < -0.39 is 11.9 Å². The monoisotopic (exact) mass is 378 g/mol. The summed E-state index contributed by atoms with van der Waals surface area (Å²) in [6, 6.07) is 8.29. The van der Waals surface area contributed by atoms with Crippen LogP contribution in [-0.4, -0.2) is 35.1 Å². The van der Waals surface area contributed by atoms with Gasteiger partial charge in [0.25, 0.3) is 5.91 Å². The standard InChI is InChI=1S/C18H23ClN4O3/c1-18(2,3)10-21-17(25)15(20-9-14(24)23-26)12-8-11-6-4-5-7-13(11)22-16(12)19/h4-8,15,20,26H,9-10H2,1-3H3,(H,21,25)(H,23,24). The summed E-state index contributed by atoms with van der Waals surface area (Å²) in [6.07, 6.45) is 0. The lowest BCUT2D eigenvalue weighted by molar-refractivity contribution is -0.129. The number of amides is 2. The first-order valence-corrected chi connectivity index (χ1v) is 8.58. The molecule has 4 N–H and O–H groups in total. The predicted octanol–water partition coefficient (Wildman–Crippen LogP) is 2.19. The van der Waals surface area contributed by atoms with E-state index in [4.69, 9.17) is 16.8 Å². The summed E-state index contributed by atoms with van der Waals surface area (Å²) in [4.78, 5) is 28.4. The van der Waals surface area contributed by atoms with Crippen molar-refractivity contribution in [3.8, 4) is 0 Å². The van der Waals surface area contributed by atoms with Gasteiger partial charge in [-0.05, 0) is 17.5 Å². The summed E-state index contributed by atoms with van der Waals surface area (Å²) in [5.74, 6) is -0.992. The van der Waals surface area contributed by atoms with Crippen molar-refractivity contribution in [2.75, 3.05) is 13.1 Å². The molecule has 0 saturated carbocycles. The molecule has 0 saturated heterocycles. The Hall–Kier alpha value is -2.22. The molecule has 26 heavy (non-hydrogen) atoms. The number of carbonyl (C=O) groups excluding carboxylic acids is 2. The van der Waals surface area contributed by atoms with Crippen LogP contribution in [0.25, 0.3) is 10.9 Å². The Labute approximate surface area is 157 Å². The maximum Gasteiger partial charge on any atom is 0.257 e. The number of hydroxylamine groups is 1. The lowest BCUT2D eigenvalue weighted by Gasteiger charge is -2.23. The summed E-state index contributed by atoms with van der Waals surface area (Å²) in [7, 11) is 0.